The van der Waals surface area contributed by atoms with E-state index in [4.69, 9.17) is 0 Å². The fourth-order valence-corrected chi connectivity index (χ4v) is 7.06. The highest BCUT2D eigenvalue weighted by molar-refractivity contribution is 7.89. The first-order chi connectivity index (χ1) is 15.8. The summed E-state index contributed by atoms with van der Waals surface area (Å²) in [5.74, 6) is -0.142. The van der Waals surface area contributed by atoms with Crippen LogP contribution in [0.25, 0.3) is 10.6 Å². The molecule has 0 bridgehead atoms. The Bertz CT molecular complexity index is 1320. The molecule has 1 aromatic heterocycles. The molecule has 1 aliphatic heterocycles. The standard InChI is InChI=1S/C25H27N3O3S2/c1-17-6-9-22(18(2)14-17)24-26-23(16-32-24)25(29)27-10-12-28(13-11-27)33(30,31)21-8-7-19-4-3-5-20(19)15-21/h6-9,14-16H,3-5,10-13H2,1-2H3. The van der Waals surface area contributed by atoms with E-state index in [1.54, 1.807) is 16.3 Å². The number of aryl methyl sites for hydroxylation is 4. The number of carbonyl (C=O) groups is 1. The third kappa shape index (κ3) is 4.23. The normalized spacial score (nSPS) is 16.7. The third-order valence-electron chi connectivity index (χ3n) is 6.57. The van der Waals surface area contributed by atoms with Gasteiger partial charge in [0, 0.05) is 37.1 Å². The molecule has 0 spiro atoms. The van der Waals surface area contributed by atoms with Gasteiger partial charge >= 0.3 is 0 Å². The Morgan fingerprint density at radius 1 is 0.970 bits per heavy atom. The number of aromatic nitrogens is 1. The Labute approximate surface area is 198 Å². The zero-order valence-electron chi connectivity index (χ0n) is 18.9. The topological polar surface area (TPSA) is 70.6 Å². The number of thiazole rings is 1. The highest BCUT2D eigenvalue weighted by atomic mass is 32.2. The fourth-order valence-electron chi connectivity index (χ4n) is 4.70. The minimum atomic E-state index is -3.56. The average Bonchev–Trinajstić information content (AvgIpc) is 3.48. The van der Waals surface area contributed by atoms with Crippen LogP contribution in [0.5, 0.6) is 0 Å². The Balaban J connectivity index is 1.26. The lowest BCUT2D eigenvalue weighted by molar-refractivity contribution is 0.0693. The van der Waals surface area contributed by atoms with Crippen LogP contribution in [0.1, 0.15) is 39.2 Å². The summed E-state index contributed by atoms with van der Waals surface area (Å²) >= 11 is 1.46. The molecule has 2 heterocycles. The fraction of sp³-hybridized carbons (Fsp3) is 0.360. The van der Waals surface area contributed by atoms with E-state index in [1.165, 1.54) is 26.8 Å². The van der Waals surface area contributed by atoms with Crippen LogP contribution < -0.4 is 0 Å². The zero-order chi connectivity index (χ0) is 23.2. The Kier molecular flexibility index (Phi) is 5.84. The first kappa shape index (κ1) is 22.3. The van der Waals surface area contributed by atoms with E-state index in [2.05, 4.69) is 18.0 Å². The van der Waals surface area contributed by atoms with Crippen molar-refractivity contribution >= 4 is 27.3 Å². The van der Waals surface area contributed by atoms with Gasteiger partial charge in [0.1, 0.15) is 10.7 Å². The first-order valence-electron chi connectivity index (χ1n) is 11.3. The highest BCUT2D eigenvalue weighted by Crippen LogP contribution is 2.29. The van der Waals surface area contributed by atoms with Gasteiger partial charge in [0.25, 0.3) is 5.91 Å². The molecule has 6 nitrogen and oxygen atoms in total. The van der Waals surface area contributed by atoms with Gasteiger partial charge in [-0.05, 0) is 61.9 Å². The molecule has 33 heavy (non-hydrogen) atoms. The SMILES string of the molecule is Cc1ccc(-c2nc(C(=O)N3CCN(S(=O)(=O)c4ccc5c(c4)CCC5)CC3)cs2)c(C)c1. The second-order valence-electron chi connectivity index (χ2n) is 8.84. The van der Waals surface area contributed by atoms with E-state index in [-0.39, 0.29) is 5.91 Å². The molecule has 1 aliphatic carbocycles. The number of fused-ring (bicyclic) bond motifs is 1. The van der Waals surface area contributed by atoms with Crippen molar-refractivity contribution in [2.45, 2.75) is 38.0 Å². The molecule has 2 aliphatic rings. The third-order valence-corrected chi connectivity index (χ3v) is 9.34. The summed E-state index contributed by atoms with van der Waals surface area (Å²) in [4.78, 5) is 19.7. The van der Waals surface area contributed by atoms with Crippen LogP contribution >= 0.6 is 11.3 Å². The van der Waals surface area contributed by atoms with Crippen LogP contribution in [0, 0.1) is 13.8 Å². The van der Waals surface area contributed by atoms with E-state index in [0.717, 1.165) is 41.0 Å². The highest BCUT2D eigenvalue weighted by Gasteiger charge is 2.31. The number of amides is 1. The lowest BCUT2D eigenvalue weighted by atomic mass is 10.1. The Hall–Kier alpha value is -2.55. The molecule has 1 fully saturated rings. The van der Waals surface area contributed by atoms with Gasteiger partial charge in [0.2, 0.25) is 10.0 Å². The molecule has 172 valence electrons. The predicted octanol–water partition coefficient (Wildman–Crippen LogP) is 4.06. The van der Waals surface area contributed by atoms with Crippen molar-refractivity contribution in [2.75, 3.05) is 26.2 Å². The van der Waals surface area contributed by atoms with Gasteiger partial charge in [-0.2, -0.15) is 4.31 Å². The van der Waals surface area contributed by atoms with Gasteiger partial charge < -0.3 is 4.90 Å². The maximum Gasteiger partial charge on any atom is 0.273 e. The molecule has 0 atom stereocenters. The minimum Gasteiger partial charge on any atom is -0.335 e. The molecule has 0 unspecified atom stereocenters. The van der Waals surface area contributed by atoms with Crippen LogP contribution in [-0.4, -0.2) is 54.7 Å². The van der Waals surface area contributed by atoms with Crippen LogP contribution in [-0.2, 0) is 22.9 Å². The van der Waals surface area contributed by atoms with E-state index < -0.39 is 10.0 Å². The lowest BCUT2D eigenvalue weighted by Gasteiger charge is -2.33. The second kappa shape index (κ2) is 8.66. The van der Waals surface area contributed by atoms with Crippen molar-refractivity contribution in [3.8, 4) is 10.6 Å². The van der Waals surface area contributed by atoms with E-state index >= 15 is 0 Å². The molecule has 1 amide bonds. The van der Waals surface area contributed by atoms with Crippen molar-refractivity contribution in [1.29, 1.82) is 0 Å². The van der Waals surface area contributed by atoms with Gasteiger partial charge in [-0.1, -0.05) is 29.8 Å². The molecule has 0 saturated carbocycles. The number of nitrogens with zero attached hydrogens (tertiary/aromatic N) is 3. The van der Waals surface area contributed by atoms with Crippen molar-refractivity contribution in [1.82, 2.24) is 14.2 Å². The minimum absolute atomic E-state index is 0.142. The molecular weight excluding hydrogens is 454 g/mol. The Morgan fingerprint density at radius 3 is 2.48 bits per heavy atom. The summed E-state index contributed by atoms with van der Waals surface area (Å²) in [5, 5.41) is 2.62. The van der Waals surface area contributed by atoms with Crippen LogP contribution in [0.15, 0.2) is 46.7 Å². The van der Waals surface area contributed by atoms with Crippen LogP contribution in [0.2, 0.25) is 0 Å². The van der Waals surface area contributed by atoms with Gasteiger partial charge in [0.05, 0.1) is 4.90 Å². The number of hydrogen-bond donors (Lipinski definition) is 0. The lowest BCUT2D eigenvalue weighted by Crippen LogP contribution is -2.50. The molecule has 0 radical (unpaired) electrons. The van der Waals surface area contributed by atoms with Gasteiger partial charge in [-0.25, -0.2) is 13.4 Å². The molecule has 2 aromatic carbocycles. The summed E-state index contributed by atoms with van der Waals surface area (Å²) in [6, 6.07) is 11.7. The van der Waals surface area contributed by atoms with E-state index in [0.29, 0.717) is 36.8 Å². The molecule has 5 rings (SSSR count). The summed E-state index contributed by atoms with van der Waals surface area (Å²) < 4.78 is 27.8. The van der Waals surface area contributed by atoms with Crippen molar-refractivity contribution in [3.05, 3.63) is 69.7 Å². The summed E-state index contributed by atoms with van der Waals surface area (Å²) in [6.45, 7) is 5.40. The van der Waals surface area contributed by atoms with Crippen molar-refractivity contribution in [2.24, 2.45) is 0 Å². The van der Waals surface area contributed by atoms with Crippen molar-refractivity contribution in [3.63, 3.8) is 0 Å². The van der Waals surface area contributed by atoms with Crippen molar-refractivity contribution < 1.29 is 13.2 Å². The van der Waals surface area contributed by atoms with Gasteiger partial charge in [0.15, 0.2) is 0 Å². The summed E-state index contributed by atoms with van der Waals surface area (Å²) in [5.41, 5.74) is 6.19. The predicted molar refractivity (Wildman–Crippen MR) is 130 cm³/mol. The number of carbonyl (C=O) groups excluding carboxylic acids is 1. The van der Waals surface area contributed by atoms with E-state index in [9.17, 15) is 13.2 Å². The number of rotatable bonds is 4. The summed E-state index contributed by atoms with van der Waals surface area (Å²) in [7, 11) is -3.56. The zero-order valence-corrected chi connectivity index (χ0v) is 20.5. The molecule has 3 aromatic rings. The maximum absolute atomic E-state index is 13.2. The number of piperazine rings is 1. The van der Waals surface area contributed by atoms with Crippen LogP contribution in [0.3, 0.4) is 0 Å². The van der Waals surface area contributed by atoms with Gasteiger partial charge in [-0.15, -0.1) is 11.3 Å². The molecule has 8 heteroatoms. The second-order valence-corrected chi connectivity index (χ2v) is 11.6. The Morgan fingerprint density at radius 2 is 1.73 bits per heavy atom. The number of benzene rings is 2. The molecule has 1 saturated heterocycles. The smallest absolute Gasteiger partial charge is 0.273 e. The van der Waals surface area contributed by atoms with Gasteiger partial charge in [-0.3, -0.25) is 4.79 Å². The summed E-state index contributed by atoms with van der Waals surface area (Å²) in [6.07, 6.45) is 3.05. The molecule has 0 N–H and O–H groups in total. The monoisotopic (exact) mass is 481 g/mol. The first-order valence-corrected chi connectivity index (χ1v) is 13.6. The number of sulfonamides is 1. The largest absolute Gasteiger partial charge is 0.335 e. The molecular formula is C25H27N3O3S2. The quantitative estimate of drug-likeness (QED) is 0.563. The maximum atomic E-state index is 13.2. The van der Waals surface area contributed by atoms with Crippen LogP contribution in [0.4, 0.5) is 0 Å². The average molecular weight is 482 g/mol. The number of hydrogen-bond acceptors (Lipinski definition) is 5. The van der Waals surface area contributed by atoms with E-state index in [1.807, 2.05) is 31.2 Å².